The number of carbonyl (C=O) groups excluding carboxylic acids is 2. The van der Waals surface area contributed by atoms with Crippen molar-refractivity contribution in [3.63, 3.8) is 0 Å². The number of carbonyl (C=O) groups is 2. The Hall–Kier alpha value is -2.88. The van der Waals surface area contributed by atoms with Crippen LogP contribution in [0.1, 0.15) is 82.1 Å². The number of aryl methyl sites for hydroxylation is 2. The summed E-state index contributed by atoms with van der Waals surface area (Å²) in [6.45, 7) is 5.33. The summed E-state index contributed by atoms with van der Waals surface area (Å²) in [4.78, 5) is 31.3. The molecular formula is C22H24F2N4O3S. The summed E-state index contributed by atoms with van der Waals surface area (Å²) in [5.74, 6) is -1.02. The molecule has 1 aliphatic rings. The van der Waals surface area contributed by atoms with Crippen LogP contribution in [0.5, 0.6) is 0 Å². The van der Waals surface area contributed by atoms with E-state index in [4.69, 9.17) is 4.74 Å². The van der Waals surface area contributed by atoms with Crippen molar-refractivity contribution in [2.24, 2.45) is 0 Å². The fourth-order valence-corrected chi connectivity index (χ4v) is 5.07. The summed E-state index contributed by atoms with van der Waals surface area (Å²) in [5, 5.41) is 7.16. The van der Waals surface area contributed by atoms with E-state index < -0.39 is 18.3 Å². The van der Waals surface area contributed by atoms with Crippen molar-refractivity contribution in [3.05, 3.63) is 45.2 Å². The van der Waals surface area contributed by atoms with E-state index in [0.29, 0.717) is 22.7 Å². The van der Waals surface area contributed by atoms with Gasteiger partial charge in [-0.2, -0.15) is 5.10 Å². The second-order valence-corrected chi connectivity index (χ2v) is 9.02. The predicted molar refractivity (Wildman–Crippen MR) is 117 cm³/mol. The normalized spacial score (nSPS) is 14.4. The number of aromatic nitrogens is 3. The molecule has 1 N–H and O–H groups in total. The monoisotopic (exact) mass is 462 g/mol. The minimum atomic E-state index is -2.76. The van der Waals surface area contributed by atoms with Crippen LogP contribution in [-0.4, -0.2) is 32.6 Å². The SMILES string of the molecule is CCC(C)OC(=O)c1c(NC(=O)c2cnn3c(C(F)F)cc(C)nc23)sc2c1CCCC2. The van der Waals surface area contributed by atoms with Gasteiger partial charge in [-0.1, -0.05) is 6.92 Å². The topological polar surface area (TPSA) is 85.6 Å². The van der Waals surface area contributed by atoms with Crippen molar-refractivity contribution < 1.29 is 23.1 Å². The van der Waals surface area contributed by atoms with Gasteiger partial charge in [-0.3, -0.25) is 4.79 Å². The maximum absolute atomic E-state index is 13.4. The molecule has 1 amide bonds. The summed E-state index contributed by atoms with van der Waals surface area (Å²) < 4.78 is 33.3. The van der Waals surface area contributed by atoms with E-state index in [2.05, 4.69) is 15.4 Å². The van der Waals surface area contributed by atoms with Gasteiger partial charge in [-0.15, -0.1) is 11.3 Å². The maximum atomic E-state index is 13.4. The van der Waals surface area contributed by atoms with Crippen LogP contribution in [0.25, 0.3) is 5.65 Å². The molecule has 1 aliphatic carbocycles. The molecule has 0 saturated carbocycles. The molecule has 4 rings (SSSR count). The van der Waals surface area contributed by atoms with Crippen molar-refractivity contribution in [1.29, 1.82) is 0 Å². The third-order valence-corrected chi connectivity index (χ3v) is 6.79. The number of nitrogens with zero attached hydrogens (tertiary/aromatic N) is 3. The van der Waals surface area contributed by atoms with Gasteiger partial charge in [-0.25, -0.2) is 23.1 Å². The lowest BCUT2D eigenvalue weighted by Gasteiger charge is -2.15. The molecule has 0 fully saturated rings. The van der Waals surface area contributed by atoms with Crippen LogP contribution in [0, 0.1) is 6.92 Å². The summed E-state index contributed by atoms with van der Waals surface area (Å²) in [6.07, 6.45) is 2.47. The van der Waals surface area contributed by atoms with Gasteiger partial charge in [0.05, 0.1) is 17.9 Å². The first-order chi connectivity index (χ1) is 15.3. The van der Waals surface area contributed by atoms with Gasteiger partial charge in [0, 0.05) is 10.6 Å². The standard InChI is InChI=1S/C22H24F2N4O3S/c1-4-12(3)31-22(30)17-13-7-5-6-8-16(13)32-21(17)27-20(29)14-10-25-28-15(18(23)24)9-11(2)26-19(14)28/h9-10,12,18H,4-8H2,1-3H3,(H,27,29). The molecule has 32 heavy (non-hydrogen) atoms. The van der Waals surface area contributed by atoms with Gasteiger partial charge in [0.15, 0.2) is 5.65 Å². The average Bonchev–Trinajstić information content (AvgIpc) is 3.33. The number of hydrogen-bond donors (Lipinski definition) is 1. The Bertz CT molecular complexity index is 1190. The summed E-state index contributed by atoms with van der Waals surface area (Å²) >= 11 is 1.37. The Balaban J connectivity index is 1.71. The molecule has 3 aromatic heterocycles. The van der Waals surface area contributed by atoms with E-state index in [-0.39, 0.29) is 23.0 Å². The van der Waals surface area contributed by atoms with E-state index in [9.17, 15) is 18.4 Å². The lowest BCUT2D eigenvalue weighted by Crippen LogP contribution is -2.19. The van der Waals surface area contributed by atoms with Crippen molar-refractivity contribution in [3.8, 4) is 0 Å². The number of amides is 1. The first-order valence-corrected chi connectivity index (χ1v) is 11.4. The van der Waals surface area contributed by atoms with Crippen molar-refractivity contribution >= 4 is 33.9 Å². The number of anilines is 1. The zero-order valence-electron chi connectivity index (χ0n) is 18.1. The molecule has 1 atom stereocenters. The number of fused-ring (bicyclic) bond motifs is 2. The highest BCUT2D eigenvalue weighted by atomic mass is 32.1. The summed E-state index contributed by atoms with van der Waals surface area (Å²) in [5.41, 5.74) is 1.44. The molecule has 1 unspecified atom stereocenters. The number of esters is 1. The molecule has 0 bridgehead atoms. The smallest absolute Gasteiger partial charge is 0.341 e. The van der Waals surface area contributed by atoms with Crippen molar-refractivity contribution in [1.82, 2.24) is 14.6 Å². The Morgan fingerprint density at radius 2 is 2.06 bits per heavy atom. The third-order valence-electron chi connectivity index (χ3n) is 5.58. The van der Waals surface area contributed by atoms with Gasteiger partial charge in [0.1, 0.15) is 16.3 Å². The molecule has 0 radical (unpaired) electrons. The van der Waals surface area contributed by atoms with Gasteiger partial charge < -0.3 is 10.1 Å². The summed E-state index contributed by atoms with van der Waals surface area (Å²) in [6, 6.07) is 1.24. The number of ether oxygens (including phenoxy) is 1. The maximum Gasteiger partial charge on any atom is 0.341 e. The number of thiophene rings is 1. The fourth-order valence-electron chi connectivity index (χ4n) is 3.79. The molecule has 170 valence electrons. The molecule has 7 nitrogen and oxygen atoms in total. The third kappa shape index (κ3) is 4.11. The molecular weight excluding hydrogens is 438 g/mol. The molecule has 0 aromatic carbocycles. The first-order valence-electron chi connectivity index (χ1n) is 10.6. The van der Waals surface area contributed by atoms with Gasteiger partial charge in [-0.05, 0) is 57.6 Å². The minimum Gasteiger partial charge on any atom is -0.459 e. The minimum absolute atomic E-state index is 0.0443. The Labute approximate surface area is 187 Å². The highest BCUT2D eigenvalue weighted by Crippen LogP contribution is 2.39. The van der Waals surface area contributed by atoms with Crippen LogP contribution in [0.15, 0.2) is 12.3 Å². The zero-order chi connectivity index (χ0) is 23.0. The lowest BCUT2D eigenvalue weighted by atomic mass is 9.95. The molecule has 0 saturated heterocycles. The zero-order valence-corrected chi connectivity index (χ0v) is 18.9. The fraction of sp³-hybridized carbons (Fsp3) is 0.455. The van der Waals surface area contributed by atoms with Crippen LogP contribution in [0.3, 0.4) is 0 Å². The number of rotatable bonds is 6. The Morgan fingerprint density at radius 1 is 1.31 bits per heavy atom. The second-order valence-electron chi connectivity index (χ2n) is 7.91. The quantitative estimate of drug-likeness (QED) is 0.514. The van der Waals surface area contributed by atoms with E-state index in [1.54, 1.807) is 6.92 Å². The van der Waals surface area contributed by atoms with Crippen LogP contribution in [0.4, 0.5) is 13.8 Å². The average molecular weight is 463 g/mol. The number of hydrogen-bond acceptors (Lipinski definition) is 6. The van der Waals surface area contributed by atoms with E-state index in [1.165, 1.54) is 23.6 Å². The van der Waals surface area contributed by atoms with Crippen molar-refractivity contribution in [2.75, 3.05) is 5.32 Å². The van der Waals surface area contributed by atoms with Gasteiger partial charge >= 0.3 is 5.97 Å². The highest BCUT2D eigenvalue weighted by molar-refractivity contribution is 7.17. The van der Waals surface area contributed by atoms with E-state index in [0.717, 1.165) is 40.6 Å². The lowest BCUT2D eigenvalue weighted by molar-refractivity contribution is 0.0335. The van der Waals surface area contributed by atoms with Crippen LogP contribution in [-0.2, 0) is 17.6 Å². The number of alkyl halides is 2. The number of halogens is 2. The van der Waals surface area contributed by atoms with Crippen LogP contribution in [0.2, 0.25) is 0 Å². The molecule has 0 spiro atoms. The molecule has 3 heterocycles. The second kappa shape index (κ2) is 8.93. The largest absolute Gasteiger partial charge is 0.459 e. The predicted octanol–water partition coefficient (Wildman–Crippen LogP) is 5.12. The van der Waals surface area contributed by atoms with Crippen molar-refractivity contribution in [2.45, 2.75) is 65.4 Å². The van der Waals surface area contributed by atoms with E-state index in [1.807, 2.05) is 13.8 Å². The first kappa shape index (κ1) is 22.3. The van der Waals surface area contributed by atoms with Gasteiger partial charge in [0.2, 0.25) is 0 Å². The van der Waals surface area contributed by atoms with Crippen LogP contribution < -0.4 is 5.32 Å². The molecule has 0 aliphatic heterocycles. The van der Waals surface area contributed by atoms with Crippen LogP contribution >= 0.6 is 11.3 Å². The Morgan fingerprint density at radius 3 is 2.78 bits per heavy atom. The van der Waals surface area contributed by atoms with Gasteiger partial charge in [0.25, 0.3) is 12.3 Å². The summed E-state index contributed by atoms with van der Waals surface area (Å²) in [7, 11) is 0. The molecule has 3 aromatic rings. The Kier molecular flexibility index (Phi) is 6.23. The highest BCUT2D eigenvalue weighted by Gasteiger charge is 2.29. The van der Waals surface area contributed by atoms with E-state index >= 15 is 0 Å². The molecule has 10 heteroatoms. The number of nitrogens with one attached hydrogen (secondary N) is 1.